The van der Waals surface area contributed by atoms with Crippen LogP contribution >= 0.6 is 0 Å². The number of aliphatic hydroxyl groups excluding tert-OH is 2. The first-order valence-corrected chi connectivity index (χ1v) is 19.7. The number of ether oxygens (including phenoxy) is 9. The van der Waals surface area contributed by atoms with Crippen molar-refractivity contribution in [3.8, 4) is 0 Å². The molecule has 326 valence electrons. The van der Waals surface area contributed by atoms with Gasteiger partial charge in [-0.1, -0.05) is 26.0 Å². The summed E-state index contributed by atoms with van der Waals surface area (Å²) < 4.78 is 50.1. The Hall–Kier alpha value is -1.93. The second-order valence-corrected chi connectivity index (χ2v) is 12.6. The van der Waals surface area contributed by atoms with Gasteiger partial charge in [0.05, 0.1) is 119 Å². The minimum atomic E-state index is -0.322. The van der Waals surface area contributed by atoms with Crippen molar-refractivity contribution >= 4 is 18.5 Å². The van der Waals surface area contributed by atoms with Crippen molar-refractivity contribution in [1.29, 1.82) is 0 Å². The van der Waals surface area contributed by atoms with Crippen LogP contribution in [-0.2, 0) is 57.0 Å². The average molecular weight is 797 g/mol. The number of nitrogens with zero attached hydrogens (tertiary/aromatic N) is 1. The van der Waals surface area contributed by atoms with Crippen LogP contribution in [0.5, 0.6) is 0 Å². The van der Waals surface area contributed by atoms with Crippen LogP contribution in [0.1, 0.15) is 52.4 Å². The van der Waals surface area contributed by atoms with Gasteiger partial charge in [-0.15, -0.1) is 0 Å². The third-order valence-corrected chi connectivity index (χ3v) is 8.21. The molecule has 1 rings (SSSR count). The van der Waals surface area contributed by atoms with Crippen LogP contribution in [0.25, 0.3) is 0 Å². The second kappa shape index (κ2) is 44.8. The molecule has 1 amide bonds. The Morgan fingerprint density at radius 3 is 1.38 bits per heavy atom. The van der Waals surface area contributed by atoms with Gasteiger partial charge >= 0.3 is 0 Å². The largest absolute Gasteiger partial charge is 0.400 e. The van der Waals surface area contributed by atoms with E-state index >= 15 is 0 Å². The highest BCUT2D eigenvalue weighted by molar-refractivity contribution is 5.82. The average Bonchev–Trinajstić information content (AvgIpc) is 3.20. The number of rotatable bonds is 37. The fourth-order valence-corrected chi connectivity index (χ4v) is 4.98. The molecule has 2 unspecified atom stereocenters. The highest BCUT2D eigenvalue weighted by Gasteiger charge is 2.32. The lowest BCUT2D eigenvalue weighted by molar-refractivity contribution is -0.131. The summed E-state index contributed by atoms with van der Waals surface area (Å²) >= 11 is 0. The fourth-order valence-electron chi connectivity index (χ4n) is 4.98. The number of aldehydes is 2. The van der Waals surface area contributed by atoms with Gasteiger partial charge in [0.2, 0.25) is 5.91 Å². The summed E-state index contributed by atoms with van der Waals surface area (Å²) in [5.41, 5.74) is -0.322. The quantitative estimate of drug-likeness (QED) is 0.0468. The van der Waals surface area contributed by atoms with E-state index in [4.69, 9.17) is 52.8 Å². The first-order valence-electron chi connectivity index (χ1n) is 19.7. The van der Waals surface area contributed by atoms with Gasteiger partial charge in [0.15, 0.2) is 0 Å². The van der Waals surface area contributed by atoms with Crippen molar-refractivity contribution in [3.05, 3.63) is 12.2 Å². The van der Waals surface area contributed by atoms with Crippen LogP contribution in [0.4, 0.5) is 0 Å². The smallest absolute Gasteiger partial charge is 0.226 e. The Morgan fingerprint density at radius 2 is 0.982 bits per heavy atom. The monoisotopic (exact) mass is 797 g/mol. The number of amides is 1. The van der Waals surface area contributed by atoms with E-state index in [2.05, 4.69) is 36.2 Å². The van der Waals surface area contributed by atoms with Gasteiger partial charge in [-0.3, -0.25) is 9.69 Å². The van der Waals surface area contributed by atoms with E-state index in [1.54, 1.807) is 0 Å². The molecule has 0 fully saturated rings. The lowest BCUT2D eigenvalue weighted by Gasteiger charge is -2.30. The maximum Gasteiger partial charge on any atom is 0.226 e. The van der Waals surface area contributed by atoms with Crippen LogP contribution in [0.15, 0.2) is 12.2 Å². The number of allylic oxidation sites excluding steroid dienone is 2. The Labute approximate surface area is 330 Å². The van der Waals surface area contributed by atoms with Crippen LogP contribution in [0.3, 0.4) is 0 Å². The summed E-state index contributed by atoms with van der Waals surface area (Å²) in [7, 11) is 2.00. The highest BCUT2D eigenvalue weighted by atomic mass is 16.6. The van der Waals surface area contributed by atoms with E-state index in [1.807, 2.05) is 0 Å². The lowest BCUT2D eigenvalue weighted by Crippen LogP contribution is -2.41. The summed E-state index contributed by atoms with van der Waals surface area (Å²) in [6, 6.07) is 0. The highest BCUT2D eigenvalue weighted by Crippen LogP contribution is 2.33. The van der Waals surface area contributed by atoms with Crippen LogP contribution < -0.4 is 5.32 Å². The number of hydrogen-bond acceptors (Lipinski definition) is 15. The Morgan fingerprint density at radius 1 is 0.618 bits per heavy atom. The molecule has 55 heavy (non-hydrogen) atoms. The molecule has 1 aliphatic carbocycles. The topological polar surface area (TPSA) is 190 Å². The summed E-state index contributed by atoms with van der Waals surface area (Å²) in [6.45, 7) is 15.5. The molecular formula is C39H76N2O14. The molecule has 2 atom stereocenters. The Balaban J connectivity index is 0. The molecule has 0 radical (unpaired) electrons. The van der Waals surface area contributed by atoms with Crippen molar-refractivity contribution < 1.29 is 67.2 Å². The van der Waals surface area contributed by atoms with Gasteiger partial charge in [-0.25, -0.2) is 0 Å². The second-order valence-electron chi connectivity index (χ2n) is 12.6. The molecule has 0 saturated carbocycles. The van der Waals surface area contributed by atoms with Gasteiger partial charge in [-0.2, -0.15) is 0 Å². The standard InChI is InChI=1S/C37H68N2O12.2CH4O/c1-35-7-3-4-9-37(2,10-8-35)36(42)38-11-19-45-25-31-51-34-28-48-22-14-39(12-20-46-26-32-49-29-23-43-17-5-15-40)13-21-47-27-33-50-30-24-44-18-6-16-41;2*1-2/h3,7,15-16,35H,4-6,8-14,17-34H2,1-2H3,(H,38,42);2*2H,1H3/b7-3+;;. The molecule has 0 spiro atoms. The number of hydrogen-bond donors (Lipinski definition) is 3. The van der Waals surface area contributed by atoms with Crippen molar-refractivity contribution in [2.24, 2.45) is 11.3 Å². The predicted molar refractivity (Wildman–Crippen MR) is 209 cm³/mol. The van der Waals surface area contributed by atoms with Crippen molar-refractivity contribution in [3.63, 3.8) is 0 Å². The number of nitrogens with one attached hydrogen (secondary N) is 1. The Kier molecular flexibility index (Phi) is 44.9. The molecule has 0 aromatic heterocycles. The SMILES string of the molecule is CC1/C=C/CCC(C)(C(=O)NCCOCCOCCOCCN(CCOCCOCCOCCC=O)CCOCCOCCOCCC=O)CC1.CO.CO. The number of carbonyl (C=O) groups is 3. The molecule has 1 aliphatic rings. The molecule has 0 aliphatic heterocycles. The number of carbonyl (C=O) groups excluding carboxylic acids is 3. The van der Waals surface area contributed by atoms with Gasteiger partial charge in [0.25, 0.3) is 0 Å². The first-order chi connectivity index (χ1) is 27.0. The normalized spacial score (nSPS) is 17.3. The van der Waals surface area contributed by atoms with Gasteiger partial charge in [0, 0.05) is 58.7 Å². The van der Waals surface area contributed by atoms with Crippen LogP contribution in [0, 0.1) is 11.3 Å². The zero-order valence-electron chi connectivity index (χ0n) is 34.4. The zero-order valence-corrected chi connectivity index (χ0v) is 34.4. The Bertz CT molecular complexity index is 827. The molecule has 3 N–H and O–H groups in total. The molecule has 16 nitrogen and oxygen atoms in total. The zero-order chi connectivity index (χ0) is 40.9. The molecule has 0 aromatic rings. The molecule has 0 saturated heterocycles. The van der Waals surface area contributed by atoms with Crippen molar-refractivity contribution in [2.45, 2.75) is 52.4 Å². The summed E-state index contributed by atoms with van der Waals surface area (Å²) in [6.07, 6.45) is 10.7. The van der Waals surface area contributed by atoms with Crippen molar-refractivity contribution in [1.82, 2.24) is 10.2 Å². The third kappa shape index (κ3) is 37.4. The third-order valence-electron chi connectivity index (χ3n) is 8.21. The molecule has 0 heterocycles. The van der Waals surface area contributed by atoms with Gasteiger partial charge in [-0.05, 0) is 31.6 Å². The molecule has 0 bridgehead atoms. The maximum absolute atomic E-state index is 12.8. The molecular weight excluding hydrogens is 720 g/mol. The fraction of sp³-hybridized carbons (Fsp3) is 0.872. The molecule has 0 aromatic carbocycles. The predicted octanol–water partition coefficient (Wildman–Crippen LogP) is 1.72. The minimum absolute atomic E-state index is 0.118. The number of aliphatic hydroxyl groups is 2. The van der Waals surface area contributed by atoms with E-state index in [9.17, 15) is 14.4 Å². The van der Waals surface area contributed by atoms with E-state index in [0.717, 1.165) is 72.1 Å². The van der Waals surface area contributed by atoms with Crippen LogP contribution in [0.2, 0.25) is 0 Å². The first kappa shape index (κ1) is 55.2. The van der Waals surface area contributed by atoms with E-state index < -0.39 is 0 Å². The van der Waals surface area contributed by atoms with Crippen LogP contribution in [-0.4, -0.2) is 193 Å². The van der Waals surface area contributed by atoms with Gasteiger partial charge < -0.3 is 67.8 Å². The lowest BCUT2D eigenvalue weighted by atomic mass is 9.77. The van der Waals surface area contributed by atoms with E-state index in [0.29, 0.717) is 144 Å². The summed E-state index contributed by atoms with van der Waals surface area (Å²) in [5.74, 6) is 0.635. The maximum atomic E-state index is 12.8. The minimum Gasteiger partial charge on any atom is -0.400 e. The summed E-state index contributed by atoms with van der Waals surface area (Å²) in [5, 5.41) is 17.1. The summed E-state index contributed by atoms with van der Waals surface area (Å²) in [4.78, 5) is 35.6. The molecule has 16 heteroatoms. The van der Waals surface area contributed by atoms with E-state index in [-0.39, 0.29) is 11.3 Å². The van der Waals surface area contributed by atoms with E-state index in [1.165, 1.54) is 0 Å². The van der Waals surface area contributed by atoms with Crippen molar-refractivity contribution in [2.75, 3.05) is 159 Å². The van der Waals surface area contributed by atoms with Gasteiger partial charge in [0.1, 0.15) is 12.6 Å².